The van der Waals surface area contributed by atoms with Gasteiger partial charge < -0.3 is 14.7 Å². The van der Waals surface area contributed by atoms with Crippen molar-refractivity contribution >= 4 is 21.9 Å². The highest BCUT2D eigenvalue weighted by molar-refractivity contribution is 9.10. The fraction of sp³-hybridized carbons (Fsp3) is 0.417. The van der Waals surface area contributed by atoms with Crippen molar-refractivity contribution in [3.05, 3.63) is 33.8 Å². The number of esters is 1. The molecule has 1 unspecified atom stereocenters. The van der Waals surface area contributed by atoms with E-state index >= 15 is 0 Å². The number of nitrogens with zero attached hydrogens (tertiary/aromatic N) is 1. The first-order chi connectivity index (χ1) is 7.95. The highest BCUT2D eigenvalue weighted by atomic mass is 79.9. The first-order valence-electron chi connectivity index (χ1n) is 5.14. The van der Waals surface area contributed by atoms with Gasteiger partial charge in [-0.2, -0.15) is 0 Å². The Morgan fingerprint density at radius 3 is 2.65 bits per heavy atom. The minimum Gasteiger partial charge on any atom is -0.467 e. The normalized spacial score (nSPS) is 12.6. The van der Waals surface area contributed by atoms with E-state index in [1.165, 1.54) is 7.11 Å². The number of aliphatic hydroxyl groups is 1. The molecule has 1 aromatic carbocycles. The molecule has 1 aromatic rings. The summed E-state index contributed by atoms with van der Waals surface area (Å²) < 4.78 is 5.36. The Morgan fingerprint density at radius 1 is 1.53 bits per heavy atom. The number of ether oxygens (including phenoxy) is 1. The Bertz CT molecular complexity index is 407. The molecule has 0 heterocycles. The number of rotatable bonds is 4. The molecule has 4 nitrogen and oxygen atoms in total. The molecule has 5 heteroatoms. The van der Waals surface area contributed by atoms with Crippen molar-refractivity contribution in [2.45, 2.75) is 12.6 Å². The molecule has 0 aliphatic heterocycles. The number of aliphatic hydroxyl groups excluding tert-OH is 1. The monoisotopic (exact) mass is 301 g/mol. The predicted octanol–water partition coefficient (Wildman–Crippen LogP) is 1.72. The van der Waals surface area contributed by atoms with E-state index in [-0.39, 0.29) is 0 Å². The van der Waals surface area contributed by atoms with Crippen LogP contribution in [0.5, 0.6) is 0 Å². The molecule has 0 bridgehead atoms. The second-order valence-corrected chi connectivity index (χ2v) is 4.87. The number of carbonyl (C=O) groups excluding carboxylic acids is 1. The Morgan fingerprint density at radius 2 is 2.18 bits per heavy atom. The van der Waals surface area contributed by atoms with Gasteiger partial charge in [0.25, 0.3) is 0 Å². The molecule has 0 aliphatic rings. The van der Waals surface area contributed by atoms with Gasteiger partial charge in [-0.25, -0.2) is 4.79 Å². The summed E-state index contributed by atoms with van der Waals surface area (Å²) in [5.41, 5.74) is 1.61. The van der Waals surface area contributed by atoms with Crippen molar-refractivity contribution in [2.24, 2.45) is 0 Å². The molecule has 0 saturated heterocycles. The Labute approximate surface area is 109 Å². The lowest BCUT2D eigenvalue weighted by molar-refractivity contribution is -0.150. The van der Waals surface area contributed by atoms with Gasteiger partial charge in [0.2, 0.25) is 0 Å². The van der Waals surface area contributed by atoms with Crippen LogP contribution in [0, 0.1) is 0 Å². The average molecular weight is 302 g/mol. The van der Waals surface area contributed by atoms with E-state index in [9.17, 15) is 9.90 Å². The van der Waals surface area contributed by atoms with Crippen LogP contribution in [0.15, 0.2) is 22.7 Å². The average Bonchev–Trinajstić information content (AvgIpc) is 2.29. The van der Waals surface area contributed by atoms with Crippen LogP contribution < -0.4 is 0 Å². The fourth-order valence-corrected chi connectivity index (χ4v) is 1.97. The van der Waals surface area contributed by atoms with E-state index < -0.39 is 12.1 Å². The van der Waals surface area contributed by atoms with Crippen molar-refractivity contribution in [1.29, 1.82) is 0 Å². The lowest BCUT2D eigenvalue weighted by Crippen LogP contribution is -2.14. The van der Waals surface area contributed by atoms with Crippen molar-refractivity contribution in [1.82, 2.24) is 4.90 Å². The molecule has 0 amide bonds. The third-order valence-corrected chi connectivity index (χ3v) is 3.04. The van der Waals surface area contributed by atoms with Gasteiger partial charge in [0, 0.05) is 11.0 Å². The first kappa shape index (κ1) is 14.2. The molecule has 17 heavy (non-hydrogen) atoms. The summed E-state index contributed by atoms with van der Waals surface area (Å²) in [5.74, 6) is -0.655. The fourth-order valence-electron chi connectivity index (χ4n) is 1.45. The molecule has 1 atom stereocenters. The first-order valence-corrected chi connectivity index (χ1v) is 5.94. The summed E-state index contributed by atoms with van der Waals surface area (Å²) in [7, 11) is 5.20. The molecule has 94 valence electrons. The van der Waals surface area contributed by atoms with Crippen LogP contribution in [-0.4, -0.2) is 37.2 Å². The van der Waals surface area contributed by atoms with E-state index in [0.717, 1.165) is 16.6 Å². The number of hydrogen-bond acceptors (Lipinski definition) is 4. The molecular weight excluding hydrogens is 286 g/mol. The Hall–Kier alpha value is -0.910. The molecule has 0 radical (unpaired) electrons. The minimum atomic E-state index is -1.23. The SMILES string of the molecule is COC(=O)C(O)c1ccc(CN(C)C)c(Br)c1. The highest BCUT2D eigenvalue weighted by Crippen LogP contribution is 2.23. The van der Waals surface area contributed by atoms with Crippen LogP contribution in [0.4, 0.5) is 0 Å². The summed E-state index contributed by atoms with van der Waals surface area (Å²) in [5, 5.41) is 9.68. The second-order valence-electron chi connectivity index (χ2n) is 4.01. The molecule has 1 rings (SSSR count). The standard InChI is InChI=1S/C12H16BrNO3/c1-14(2)7-9-5-4-8(6-10(9)13)11(15)12(16)17-3/h4-6,11,15H,7H2,1-3H3. The highest BCUT2D eigenvalue weighted by Gasteiger charge is 2.18. The van der Waals surface area contributed by atoms with Crippen LogP contribution >= 0.6 is 15.9 Å². The topological polar surface area (TPSA) is 49.8 Å². The van der Waals surface area contributed by atoms with Crippen molar-refractivity contribution in [3.8, 4) is 0 Å². The van der Waals surface area contributed by atoms with Crippen LogP contribution in [0.1, 0.15) is 17.2 Å². The zero-order valence-electron chi connectivity index (χ0n) is 10.1. The Balaban J connectivity index is 2.92. The summed E-state index contributed by atoms with van der Waals surface area (Å²) in [6.07, 6.45) is -1.23. The molecule has 0 aromatic heterocycles. The lowest BCUT2D eigenvalue weighted by Gasteiger charge is -2.14. The van der Waals surface area contributed by atoms with E-state index in [4.69, 9.17) is 0 Å². The smallest absolute Gasteiger partial charge is 0.339 e. The van der Waals surface area contributed by atoms with Gasteiger partial charge in [0.1, 0.15) is 0 Å². The van der Waals surface area contributed by atoms with Crippen LogP contribution in [0.25, 0.3) is 0 Å². The van der Waals surface area contributed by atoms with E-state index in [0.29, 0.717) is 5.56 Å². The summed E-state index contributed by atoms with van der Waals surface area (Å²) in [6, 6.07) is 5.34. The van der Waals surface area contributed by atoms with Crippen LogP contribution in [0.2, 0.25) is 0 Å². The van der Waals surface area contributed by atoms with Crippen molar-refractivity contribution in [2.75, 3.05) is 21.2 Å². The van der Waals surface area contributed by atoms with Gasteiger partial charge in [-0.05, 0) is 31.3 Å². The minimum absolute atomic E-state index is 0.520. The van der Waals surface area contributed by atoms with Gasteiger partial charge in [-0.1, -0.05) is 28.1 Å². The predicted molar refractivity (Wildman–Crippen MR) is 68.5 cm³/mol. The summed E-state index contributed by atoms with van der Waals surface area (Å²) >= 11 is 3.43. The number of halogens is 1. The van der Waals surface area contributed by atoms with Crippen molar-refractivity contribution < 1.29 is 14.6 Å². The van der Waals surface area contributed by atoms with Gasteiger partial charge in [0.15, 0.2) is 6.10 Å². The molecule has 0 saturated carbocycles. The van der Waals surface area contributed by atoms with E-state index in [1.54, 1.807) is 12.1 Å². The molecular formula is C12H16BrNO3. The van der Waals surface area contributed by atoms with Gasteiger partial charge in [-0.3, -0.25) is 0 Å². The number of carbonyl (C=O) groups is 1. The third kappa shape index (κ3) is 3.80. The number of methoxy groups -OCH3 is 1. The van der Waals surface area contributed by atoms with E-state index in [1.807, 2.05) is 25.1 Å². The molecule has 1 N–H and O–H groups in total. The van der Waals surface area contributed by atoms with Gasteiger partial charge >= 0.3 is 5.97 Å². The van der Waals surface area contributed by atoms with E-state index in [2.05, 4.69) is 20.7 Å². The number of benzene rings is 1. The quantitative estimate of drug-likeness (QED) is 0.860. The zero-order valence-corrected chi connectivity index (χ0v) is 11.7. The largest absolute Gasteiger partial charge is 0.467 e. The Kier molecular flexibility index (Phi) is 5.11. The zero-order chi connectivity index (χ0) is 13.0. The maximum atomic E-state index is 11.2. The molecule has 0 fully saturated rings. The maximum absolute atomic E-state index is 11.2. The van der Waals surface area contributed by atoms with Crippen LogP contribution in [0.3, 0.4) is 0 Å². The van der Waals surface area contributed by atoms with Gasteiger partial charge in [0.05, 0.1) is 7.11 Å². The van der Waals surface area contributed by atoms with Gasteiger partial charge in [-0.15, -0.1) is 0 Å². The molecule has 0 spiro atoms. The molecule has 0 aliphatic carbocycles. The third-order valence-electron chi connectivity index (χ3n) is 2.30. The number of hydrogen-bond donors (Lipinski definition) is 1. The van der Waals surface area contributed by atoms with Crippen molar-refractivity contribution in [3.63, 3.8) is 0 Å². The summed E-state index contributed by atoms with van der Waals surface area (Å²) in [6.45, 7) is 0.787. The van der Waals surface area contributed by atoms with Crippen LogP contribution in [-0.2, 0) is 16.1 Å². The lowest BCUT2D eigenvalue weighted by atomic mass is 10.1. The second kappa shape index (κ2) is 6.14. The summed E-state index contributed by atoms with van der Waals surface area (Å²) in [4.78, 5) is 13.2. The maximum Gasteiger partial charge on any atom is 0.339 e.